The summed E-state index contributed by atoms with van der Waals surface area (Å²) in [5, 5.41) is 13.7. The lowest BCUT2D eigenvalue weighted by molar-refractivity contribution is 0.594. The van der Waals surface area contributed by atoms with Crippen LogP contribution in [0.3, 0.4) is 0 Å². The van der Waals surface area contributed by atoms with E-state index in [1.54, 1.807) is 36.8 Å². The van der Waals surface area contributed by atoms with Crippen LogP contribution in [-0.4, -0.2) is 26.0 Å². The van der Waals surface area contributed by atoms with E-state index < -0.39 is 19.7 Å². The summed E-state index contributed by atoms with van der Waals surface area (Å²) in [7, 11) is -8.41. The van der Waals surface area contributed by atoms with Crippen LogP contribution in [0.5, 0.6) is 0 Å². The van der Waals surface area contributed by atoms with Gasteiger partial charge in [-0.2, -0.15) is 5.26 Å². The lowest BCUT2D eigenvalue weighted by Gasteiger charge is -2.12. The van der Waals surface area contributed by atoms with Crippen LogP contribution in [-0.2, 0) is 19.7 Å². The SMILES string of the molecule is N#Cc1cc(S(=O)(=O)c2ccc(-n3ccc4cc5ccoc5cc43)cc2)cc(S(=O)(=O)c2ccc(-n3ccc4cc5ccoc5cc43)cc2)c1. The van der Waals surface area contributed by atoms with E-state index in [-0.39, 0.29) is 25.1 Å². The quantitative estimate of drug-likeness (QED) is 0.171. The summed E-state index contributed by atoms with van der Waals surface area (Å²) in [5.74, 6) is 0. The molecule has 9 nitrogen and oxygen atoms in total. The van der Waals surface area contributed by atoms with Crippen LogP contribution in [0.25, 0.3) is 55.1 Å². The first-order valence-electron chi connectivity index (χ1n) is 15.4. The standard InChI is InChI=1S/C39H23N3O6S2/c40-24-25-17-34(49(43,44)32-5-1-30(2-6-32)41-13-9-26-19-28-11-15-47-38(28)22-36(26)41)21-35(18-25)50(45,46)33-7-3-31(4-8-33)42-14-10-27-20-29-12-16-48-39(29)23-37(27)42/h1-23H. The van der Waals surface area contributed by atoms with Crippen LogP contribution in [0.4, 0.5) is 0 Å². The molecule has 0 spiro atoms. The Morgan fingerprint density at radius 2 is 0.920 bits per heavy atom. The Morgan fingerprint density at radius 1 is 0.480 bits per heavy atom. The molecule has 0 atom stereocenters. The molecule has 9 aromatic rings. The second kappa shape index (κ2) is 10.8. The number of benzene rings is 5. The Balaban J connectivity index is 1.04. The van der Waals surface area contributed by atoms with E-state index in [1.807, 2.05) is 76.1 Å². The van der Waals surface area contributed by atoms with Crippen LogP contribution in [0.15, 0.2) is 169 Å². The van der Waals surface area contributed by atoms with E-state index in [4.69, 9.17) is 8.83 Å². The number of fused-ring (bicyclic) bond motifs is 4. The zero-order chi connectivity index (χ0) is 34.2. The molecule has 11 heteroatoms. The van der Waals surface area contributed by atoms with Gasteiger partial charge in [-0.15, -0.1) is 0 Å². The Hall–Kier alpha value is -6.35. The highest BCUT2D eigenvalue weighted by Gasteiger charge is 2.25. The second-order valence-corrected chi connectivity index (χ2v) is 15.8. The molecule has 9 rings (SSSR count). The number of sulfone groups is 2. The minimum absolute atomic E-state index is 0.0419. The first-order valence-corrected chi connectivity index (χ1v) is 18.4. The molecule has 0 amide bonds. The lowest BCUT2D eigenvalue weighted by Crippen LogP contribution is -2.08. The molecule has 0 saturated carbocycles. The maximum Gasteiger partial charge on any atom is 0.206 e. The second-order valence-electron chi connectivity index (χ2n) is 11.9. The van der Waals surface area contributed by atoms with E-state index in [0.29, 0.717) is 0 Å². The van der Waals surface area contributed by atoms with Crippen LogP contribution in [0.2, 0.25) is 0 Å². The predicted octanol–water partition coefficient (Wildman–Crippen LogP) is 8.60. The fourth-order valence-corrected chi connectivity index (χ4v) is 9.16. The molecule has 5 aromatic carbocycles. The summed E-state index contributed by atoms with van der Waals surface area (Å²) in [5.41, 5.74) is 4.62. The zero-order valence-electron chi connectivity index (χ0n) is 25.9. The molecule has 0 aliphatic rings. The Morgan fingerprint density at radius 3 is 1.34 bits per heavy atom. The summed E-state index contributed by atoms with van der Waals surface area (Å²) in [6.45, 7) is 0. The van der Waals surface area contributed by atoms with Gasteiger partial charge < -0.3 is 18.0 Å². The van der Waals surface area contributed by atoms with Crippen molar-refractivity contribution in [2.75, 3.05) is 0 Å². The topological polar surface area (TPSA) is 128 Å². The summed E-state index contributed by atoms with van der Waals surface area (Å²) in [4.78, 5) is -0.678. The normalized spacial score (nSPS) is 12.3. The number of hydrogen-bond acceptors (Lipinski definition) is 7. The van der Waals surface area contributed by atoms with Gasteiger partial charge in [-0.05, 0) is 103 Å². The molecule has 0 aliphatic heterocycles. The van der Waals surface area contributed by atoms with Crippen molar-refractivity contribution >= 4 is 63.4 Å². The van der Waals surface area contributed by atoms with Gasteiger partial charge in [-0.1, -0.05) is 0 Å². The van der Waals surface area contributed by atoms with Crippen LogP contribution in [0.1, 0.15) is 5.56 Å². The monoisotopic (exact) mass is 693 g/mol. The first kappa shape index (κ1) is 29.8. The van der Waals surface area contributed by atoms with Crippen molar-refractivity contribution in [2.24, 2.45) is 0 Å². The van der Waals surface area contributed by atoms with Gasteiger partial charge in [0.15, 0.2) is 0 Å². The molecule has 0 saturated heterocycles. The molecule has 0 aliphatic carbocycles. The average molecular weight is 694 g/mol. The fraction of sp³-hybridized carbons (Fsp3) is 0. The number of hydrogen-bond donors (Lipinski definition) is 0. The maximum atomic E-state index is 13.9. The highest BCUT2D eigenvalue weighted by molar-refractivity contribution is 7.92. The summed E-state index contributed by atoms with van der Waals surface area (Å²) >= 11 is 0. The average Bonchev–Trinajstić information content (AvgIpc) is 3.96. The van der Waals surface area contributed by atoms with Gasteiger partial charge in [0.25, 0.3) is 0 Å². The molecular formula is C39H23N3O6S2. The lowest BCUT2D eigenvalue weighted by atomic mass is 10.2. The van der Waals surface area contributed by atoms with E-state index in [1.165, 1.54) is 36.4 Å². The maximum absolute atomic E-state index is 13.9. The van der Waals surface area contributed by atoms with Crippen LogP contribution >= 0.6 is 0 Å². The number of aromatic nitrogens is 2. The van der Waals surface area contributed by atoms with Gasteiger partial charge in [-0.25, -0.2) is 16.8 Å². The summed E-state index contributed by atoms with van der Waals surface area (Å²) in [6.07, 6.45) is 7.05. The molecule has 242 valence electrons. The van der Waals surface area contributed by atoms with Gasteiger partial charge in [0.2, 0.25) is 19.7 Å². The van der Waals surface area contributed by atoms with Crippen molar-refractivity contribution in [3.63, 3.8) is 0 Å². The third-order valence-corrected chi connectivity index (χ3v) is 12.5. The molecule has 50 heavy (non-hydrogen) atoms. The minimum atomic E-state index is -4.21. The van der Waals surface area contributed by atoms with Gasteiger partial charge in [0.05, 0.1) is 54.8 Å². The van der Waals surface area contributed by atoms with E-state index >= 15 is 0 Å². The molecule has 4 aromatic heterocycles. The van der Waals surface area contributed by atoms with Gasteiger partial charge in [0, 0.05) is 57.4 Å². The fourth-order valence-electron chi connectivity index (χ4n) is 6.43. The van der Waals surface area contributed by atoms with Crippen molar-refractivity contribution < 1.29 is 25.7 Å². The first-order chi connectivity index (χ1) is 24.2. The predicted molar refractivity (Wildman–Crippen MR) is 188 cm³/mol. The Bertz CT molecular complexity index is 2870. The minimum Gasteiger partial charge on any atom is -0.464 e. The summed E-state index contributed by atoms with van der Waals surface area (Å²) in [6, 6.07) is 33.6. The van der Waals surface area contributed by atoms with E-state index in [0.717, 1.165) is 61.2 Å². The van der Waals surface area contributed by atoms with Gasteiger partial charge in [0.1, 0.15) is 11.2 Å². The van der Waals surface area contributed by atoms with Gasteiger partial charge >= 0.3 is 0 Å². The van der Waals surface area contributed by atoms with Crippen molar-refractivity contribution in [1.29, 1.82) is 5.26 Å². The van der Waals surface area contributed by atoms with Crippen LogP contribution in [0, 0.1) is 11.3 Å². The highest BCUT2D eigenvalue weighted by atomic mass is 32.2. The van der Waals surface area contributed by atoms with Crippen molar-refractivity contribution in [3.05, 3.63) is 146 Å². The Labute approximate surface area is 285 Å². The number of nitriles is 1. The summed E-state index contributed by atoms with van der Waals surface area (Å²) < 4.78 is 70.4. The van der Waals surface area contributed by atoms with Crippen LogP contribution < -0.4 is 0 Å². The highest BCUT2D eigenvalue weighted by Crippen LogP contribution is 2.32. The number of furan rings is 2. The van der Waals surface area contributed by atoms with Gasteiger partial charge in [-0.3, -0.25) is 0 Å². The third kappa shape index (κ3) is 4.65. The molecule has 0 radical (unpaired) electrons. The molecule has 0 N–H and O–H groups in total. The number of rotatable bonds is 6. The van der Waals surface area contributed by atoms with Crippen molar-refractivity contribution in [2.45, 2.75) is 19.6 Å². The molecule has 0 unspecified atom stereocenters. The molecule has 4 heterocycles. The number of nitrogens with zero attached hydrogens (tertiary/aromatic N) is 3. The van der Waals surface area contributed by atoms with E-state index in [9.17, 15) is 22.1 Å². The third-order valence-electron chi connectivity index (χ3n) is 9.01. The molecule has 0 bridgehead atoms. The van der Waals surface area contributed by atoms with E-state index in [2.05, 4.69) is 0 Å². The smallest absolute Gasteiger partial charge is 0.206 e. The molecule has 0 fully saturated rings. The van der Waals surface area contributed by atoms with Crippen molar-refractivity contribution in [1.82, 2.24) is 9.13 Å². The zero-order valence-corrected chi connectivity index (χ0v) is 27.5. The van der Waals surface area contributed by atoms with Crippen molar-refractivity contribution in [3.8, 4) is 17.4 Å². The Kier molecular flexibility index (Phi) is 6.45. The largest absolute Gasteiger partial charge is 0.464 e. The molecular weight excluding hydrogens is 671 g/mol.